The van der Waals surface area contributed by atoms with Crippen LogP contribution in [0.25, 0.3) is 10.6 Å². The molecule has 2 heterocycles. The van der Waals surface area contributed by atoms with Crippen LogP contribution in [0.5, 0.6) is 0 Å². The Morgan fingerprint density at radius 1 is 1.29 bits per heavy atom. The first kappa shape index (κ1) is 14.0. The van der Waals surface area contributed by atoms with Gasteiger partial charge in [0.05, 0.1) is 0 Å². The van der Waals surface area contributed by atoms with Crippen LogP contribution in [-0.4, -0.2) is 45.1 Å². The highest BCUT2D eigenvalue weighted by atomic mass is 32.2. The molecule has 0 bridgehead atoms. The molecule has 0 unspecified atom stereocenters. The quantitative estimate of drug-likeness (QED) is 0.935. The van der Waals surface area contributed by atoms with Gasteiger partial charge in [-0.2, -0.15) is 0 Å². The normalized spacial score (nSPS) is 14.5. The Kier molecular flexibility index (Phi) is 4.16. The predicted molar refractivity (Wildman–Crippen MR) is 83.4 cm³/mol. The third-order valence-electron chi connectivity index (χ3n) is 2.87. The molecule has 1 aromatic heterocycles. The number of nitrogens with one attached hydrogen (secondary N) is 1. The fraction of sp³-hybridized carbons (Fsp3) is 0.231. The van der Waals surface area contributed by atoms with E-state index in [1.807, 2.05) is 30.3 Å². The van der Waals surface area contributed by atoms with Crippen LogP contribution in [0.3, 0.4) is 0 Å². The molecule has 0 atom stereocenters. The Balaban J connectivity index is 1.62. The largest absolute Gasteiger partial charge is 0.323 e. The Labute approximate surface area is 129 Å². The van der Waals surface area contributed by atoms with E-state index in [-0.39, 0.29) is 17.7 Å². The van der Waals surface area contributed by atoms with Gasteiger partial charge in [0.1, 0.15) is 11.6 Å². The summed E-state index contributed by atoms with van der Waals surface area (Å²) in [6, 6.07) is 9.65. The summed E-state index contributed by atoms with van der Waals surface area (Å²) in [5, 5.41) is 11.8. The SMILES string of the molecule is O=C(CN1CCSC1=O)Nc1nnc(-c2ccccc2)s1. The van der Waals surface area contributed by atoms with Crippen molar-refractivity contribution in [1.82, 2.24) is 15.1 Å². The minimum absolute atomic E-state index is 0.0487. The second-order valence-corrected chi connectivity index (χ2v) is 6.39. The van der Waals surface area contributed by atoms with Crippen molar-refractivity contribution in [2.45, 2.75) is 0 Å². The summed E-state index contributed by atoms with van der Waals surface area (Å²) in [5.74, 6) is 0.491. The first-order valence-electron chi connectivity index (χ1n) is 6.33. The molecule has 0 saturated carbocycles. The van der Waals surface area contributed by atoms with Crippen LogP contribution in [0.2, 0.25) is 0 Å². The van der Waals surface area contributed by atoms with Crippen molar-refractivity contribution < 1.29 is 9.59 Å². The maximum Gasteiger partial charge on any atom is 0.282 e. The first-order valence-corrected chi connectivity index (χ1v) is 8.13. The molecule has 21 heavy (non-hydrogen) atoms. The zero-order valence-corrected chi connectivity index (χ0v) is 12.6. The highest BCUT2D eigenvalue weighted by molar-refractivity contribution is 8.13. The summed E-state index contributed by atoms with van der Waals surface area (Å²) in [6.45, 7) is 0.675. The van der Waals surface area contributed by atoms with E-state index in [0.717, 1.165) is 16.3 Å². The lowest BCUT2D eigenvalue weighted by molar-refractivity contribution is -0.116. The Hall–Kier alpha value is -1.93. The lowest BCUT2D eigenvalue weighted by Crippen LogP contribution is -2.33. The Morgan fingerprint density at radius 2 is 2.10 bits per heavy atom. The number of thioether (sulfide) groups is 1. The predicted octanol–water partition coefficient (Wildman–Crippen LogP) is 2.31. The molecule has 3 rings (SSSR count). The third-order valence-corrected chi connectivity index (χ3v) is 4.65. The van der Waals surface area contributed by atoms with E-state index >= 15 is 0 Å². The maximum atomic E-state index is 11.9. The number of amides is 2. The summed E-state index contributed by atoms with van der Waals surface area (Å²) in [6.07, 6.45) is 0. The number of hydrogen-bond acceptors (Lipinski definition) is 6. The van der Waals surface area contributed by atoms with Gasteiger partial charge in [-0.25, -0.2) is 0 Å². The van der Waals surface area contributed by atoms with Crippen LogP contribution in [0.1, 0.15) is 0 Å². The minimum atomic E-state index is -0.249. The first-order chi connectivity index (χ1) is 10.2. The standard InChI is InChI=1S/C13H12N4O2S2/c18-10(8-17-6-7-20-13(17)19)14-12-16-15-11(21-12)9-4-2-1-3-5-9/h1-5H,6-8H2,(H,14,16,18). The van der Waals surface area contributed by atoms with E-state index < -0.39 is 0 Å². The molecule has 1 aromatic carbocycles. The van der Waals surface area contributed by atoms with Crippen LogP contribution in [0.15, 0.2) is 30.3 Å². The summed E-state index contributed by atoms with van der Waals surface area (Å²) in [4.78, 5) is 24.8. The van der Waals surface area contributed by atoms with Crippen LogP contribution in [0, 0.1) is 0 Å². The lowest BCUT2D eigenvalue weighted by Gasteiger charge is -2.12. The number of benzene rings is 1. The van der Waals surface area contributed by atoms with Gasteiger partial charge < -0.3 is 4.90 Å². The molecule has 108 valence electrons. The summed E-state index contributed by atoms with van der Waals surface area (Å²) in [5.41, 5.74) is 0.960. The van der Waals surface area contributed by atoms with Crippen LogP contribution in [0.4, 0.5) is 9.93 Å². The van der Waals surface area contributed by atoms with Gasteiger partial charge in [0.25, 0.3) is 5.24 Å². The van der Waals surface area contributed by atoms with Crippen LogP contribution in [-0.2, 0) is 4.79 Å². The van der Waals surface area contributed by atoms with Gasteiger partial charge in [-0.1, -0.05) is 53.4 Å². The van der Waals surface area contributed by atoms with Crippen molar-refractivity contribution in [2.75, 3.05) is 24.2 Å². The zero-order chi connectivity index (χ0) is 14.7. The topological polar surface area (TPSA) is 75.2 Å². The molecule has 8 heteroatoms. The van der Waals surface area contributed by atoms with Crippen LogP contribution >= 0.6 is 23.1 Å². The molecule has 1 aliphatic rings. The molecular weight excluding hydrogens is 308 g/mol. The van der Waals surface area contributed by atoms with Gasteiger partial charge in [-0.3, -0.25) is 14.9 Å². The van der Waals surface area contributed by atoms with E-state index in [9.17, 15) is 9.59 Å². The van der Waals surface area contributed by atoms with Crippen LogP contribution < -0.4 is 5.32 Å². The molecule has 2 aromatic rings. The number of carbonyl (C=O) groups is 2. The fourth-order valence-corrected chi connectivity index (χ4v) is 3.46. The van der Waals surface area contributed by atoms with Gasteiger partial charge in [0, 0.05) is 17.9 Å². The second-order valence-electron chi connectivity index (χ2n) is 4.36. The molecule has 1 fully saturated rings. The molecular formula is C13H12N4O2S2. The second kappa shape index (κ2) is 6.23. The molecule has 0 radical (unpaired) electrons. The number of anilines is 1. The van der Waals surface area contributed by atoms with E-state index in [0.29, 0.717) is 11.7 Å². The smallest absolute Gasteiger partial charge is 0.282 e. The monoisotopic (exact) mass is 320 g/mol. The van der Waals surface area contributed by atoms with E-state index in [1.54, 1.807) is 0 Å². The summed E-state index contributed by atoms with van der Waals surface area (Å²) >= 11 is 2.55. The fourth-order valence-electron chi connectivity index (χ4n) is 1.87. The average Bonchev–Trinajstić information content (AvgIpc) is 3.10. The maximum absolute atomic E-state index is 11.9. The highest BCUT2D eigenvalue weighted by Crippen LogP contribution is 2.26. The lowest BCUT2D eigenvalue weighted by atomic mass is 10.2. The number of hydrogen-bond donors (Lipinski definition) is 1. The van der Waals surface area contributed by atoms with E-state index in [2.05, 4.69) is 15.5 Å². The molecule has 1 aliphatic heterocycles. The Bertz CT molecular complexity index is 659. The minimum Gasteiger partial charge on any atom is -0.323 e. The molecule has 6 nitrogen and oxygen atoms in total. The van der Waals surface area contributed by atoms with Crippen molar-refractivity contribution in [3.63, 3.8) is 0 Å². The molecule has 0 spiro atoms. The van der Waals surface area contributed by atoms with Crippen molar-refractivity contribution >= 4 is 39.4 Å². The third kappa shape index (κ3) is 3.40. The zero-order valence-electron chi connectivity index (χ0n) is 11.0. The summed E-state index contributed by atoms with van der Waals surface area (Å²) in [7, 11) is 0. The van der Waals surface area contributed by atoms with Gasteiger partial charge >= 0.3 is 0 Å². The van der Waals surface area contributed by atoms with Gasteiger partial charge in [-0.15, -0.1) is 10.2 Å². The van der Waals surface area contributed by atoms with Crippen molar-refractivity contribution in [3.05, 3.63) is 30.3 Å². The number of rotatable bonds is 4. The molecule has 0 aliphatic carbocycles. The summed E-state index contributed by atoms with van der Waals surface area (Å²) < 4.78 is 0. The van der Waals surface area contributed by atoms with Gasteiger partial charge in [0.2, 0.25) is 11.0 Å². The van der Waals surface area contributed by atoms with Crippen molar-refractivity contribution in [2.24, 2.45) is 0 Å². The number of carbonyl (C=O) groups excluding carboxylic acids is 2. The molecule has 1 saturated heterocycles. The number of nitrogens with zero attached hydrogens (tertiary/aromatic N) is 3. The molecule has 2 amide bonds. The van der Waals surface area contributed by atoms with Gasteiger partial charge in [0.15, 0.2) is 0 Å². The van der Waals surface area contributed by atoms with E-state index in [1.165, 1.54) is 28.0 Å². The van der Waals surface area contributed by atoms with Crippen molar-refractivity contribution in [1.29, 1.82) is 0 Å². The molecule has 1 N–H and O–H groups in total. The highest BCUT2D eigenvalue weighted by Gasteiger charge is 2.23. The van der Waals surface area contributed by atoms with E-state index in [4.69, 9.17) is 0 Å². The van der Waals surface area contributed by atoms with Crippen molar-refractivity contribution in [3.8, 4) is 10.6 Å². The Morgan fingerprint density at radius 3 is 2.81 bits per heavy atom. The average molecular weight is 320 g/mol. The number of aromatic nitrogens is 2. The van der Waals surface area contributed by atoms with Gasteiger partial charge in [-0.05, 0) is 0 Å².